The zero-order valence-electron chi connectivity index (χ0n) is 26.5. The lowest BCUT2D eigenvalue weighted by molar-refractivity contribution is 0.472. The highest BCUT2D eigenvalue weighted by Crippen LogP contribution is 2.48. The Bertz CT molecular complexity index is 2530. The number of hydrogen-bond acceptors (Lipinski definition) is 16. The van der Waals surface area contributed by atoms with Gasteiger partial charge in [-0.15, -0.1) is 20.5 Å². The normalized spacial score (nSPS) is 12.8. The Labute approximate surface area is 296 Å². The van der Waals surface area contributed by atoms with Crippen LogP contribution in [0.3, 0.4) is 0 Å². The first-order valence-corrected chi connectivity index (χ1v) is 19.5. The molecule has 4 aromatic carbocycles. The molecule has 0 saturated carbocycles. The van der Waals surface area contributed by atoms with E-state index >= 15 is 0 Å². The molecule has 0 spiro atoms. The number of phenolic OH excluding ortho intramolecular Hbond substituents is 1. The minimum absolute atomic E-state index is 0.182. The molecule has 0 fully saturated rings. The Hall–Kier alpha value is -5.34. The standard InChI is InChI=1S/C28H27N7O13S4/c1-13(2)30-16-5-7-20(49(37,38)39)18(11-16)32-34-26-22(51(43,44)45)9-15-10-23(52(46,47)48)27(28(36)24(15)25(26)29)35-33-19-12-17(31-14(3)4)6-8-21(19)50(40,41)42/h5-12,30-31,36H,1,3,29H2,2,4H3,(H,37,38,39)(H,40,41,42)(H,43,44,45)(H,46,47,48)/b34-32+,35-33+. The van der Waals surface area contributed by atoms with E-state index in [1.165, 1.54) is 12.1 Å². The third-order valence-corrected chi connectivity index (χ3v) is 10.1. The summed E-state index contributed by atoms with van der Waals surface area (Å²) in [6, 6.07) is 7.60. The molecule has 0 aliphatic carbocycles. The fraction of sp³-hybridized carbons (Fsp3) is 0.0714. The lowest BCUT2D eigenvalue weighted by Gasteiger charge is -2.14. The summed E-state index contributed by atoms with van der Waals surface area (Å²) in [5, 5.41) is 30.3. The fourth-order valence-corrected chi connectivity index (χ4v) is 7.12. The van der Waals surface area contributed by atoms with Crippen LogP contribution in [0.15, 0.2) is 113 Å². The molecule has 0 saturated heterocycles. The highest BCUT2D eigenvalue weighted by molar-refractivity contribution is 7.86. The van der Waals surface area contributed by atoms with Gasteiger partial charge in [0.05, 0.1) is 11.1 Å². The molecule has 24 heteroatoms. The molecule has 52 heavy (non-hydrogen) atoms. The highest BCUT2D eigenvalue weighted by Gasteiger charge is 2.28. The molecule has 0 radical (unpaired) electrons. The highest BCUT2D eigenvalue weighted by atomic mass is 32.2. The van der Waals surface area contributed by atoms with E-state index in [4.69, 9.17) is 5.73 Å². The van der Waals surface area contributed by atoms with Crippen LogP contribution >= 0.6 is 0 Å². The molecule has 0 amide bonds. The molecule has 0 unspecified atom stereocenters. The number of allylic oxidation sites excluding steroid dienone is 2. The summed E-state index contributed by atoms with van der Waals surface area (Å²) < 4.78 is 137. The van der Waals surface area contributed by atoms with Crippen molar-refractivity contribution < 1.29 is 57.0 Å². The molecule has 20 nitrogen and oxygen atoms in total. The average molecular weight is 798 g/mol. The molecule has 9 N–H and O–H groups in total. The second kappa shape index (κ2) is 14.0. The van der Waals surface area contributed by atoms with Gasteiger partial charge in [-0.25, -0.2) is 0 Å². The maximum Gasteiger partial charge on any atom is 0.296 e. The van der Waals surface area contributed by atoms with Crippen molar-refractivity contribution >= 4 is 91.1 Å². The van der Waals surface area contributed by atoms with Crippen molar-refractivity contribution in [2.75, 3.05) is 16.4 Å². The minimum Gasteiger partial charge on any atom is -0.505 e. The average Bonchev–Trinajstić information content (AvgIpc) is 2.97. The fourth-order valence-electron chi connectivity index (χ4n) is 4.59. The molecule has 0 aromatic heterocycles. The van der Waals surface area contributed by atoms with Crippen molar-refractivity contribution in [3.63, 3.8) is 0 Å². The van der Waals surface area contributed by atoms with Crippen LogP contribution in [0.25, 0.3) is 10.8 Å². The first-order chi connectivity index (χ1) is 23.8. The summed E-state index contributed by atoms with van der Waals surface area (Å²) in [5.41, 5.74) is 3.34. The number of nitrogens with two attached hydrogens (primary N) is 1. The van der Waals surface area contributed by atoms with E-state index in [-0.39, 0.29) is 11.4 Å². The van der Waals surface area contributed by atoms with E-state index < -0.39 is 105 Å². The maximum atomic E-state index is 12.5. The largest absolute Gasteiger partial charge is 0.505 e. The third-order valence-electron chi connectivity index (χ3n) is 6.57. The van der Waals surface area contributed by atoms with E-state index in [1.807, 2.05) is 0 Å². The van der Waals surface area contributed by atoms with Gasteiger partial charge in [-0.3, -0.25) is 18.2 Å². The van der Waals surface area contributed by atoms with Crippen molar-refractivity contribution in [3.05, 3.63) is 73.1 Å². The number of nitrogens with zero attached hydrogens (tertiary/aromatic N) is 4. The number of fused-ring (bicyclic) bond motifs is 1. The topological polar surface area (TPSA) is 337 Å². The Balaban J connectivity index is 2.07. The zero-order valence-corrected chi connectivity index (χ0v) is 29.8. The molecule has 4 aromatic rings. The first-order valence-electron chi connectivity index (χ1n) is 13.8. The number of phenols is 1. The summed E-state index contributed by atoms with van der Waals surface area (Å²) >= 11 is 0. The van der Waals surface area contributed by atoms with Gasteiger partial charge in [0.15, 0.2) is 5.75 Å². The molecular formula is C28H27N7O13S4. The van der Waals surface area contributed by atoms with Crippen molar-refractivity contribution in [3.8, 4) is 5.75 Å². The SMILES string of the molecule is C=C(C)Nc1ccc(S(=O)(=O)O)c(/N=N/c2c(S(=O)(=O)O)cc3cc(S(=O)(=O)O)c(/N=N/c4cc(NC(=C)C)ccc4S(=O)(=O)O)c(O)c3c2N)c1. The van der Waals surface area contributed by atoms with Crippen LogP contribution < -0.4 is 16.4 Å². The summed E-state index contributed by atoms with van der Waals surface area (Å²) in [6.45, 7) is 10.4. The quantitative estimate of drug-likeness (QED) is 0.0474. The first kappa shape index (κ1) is 39.4. The Morgan fingerprint density at radius 3 is 1.33 bits per heavy atom. The van der Waals surface area contributed by atoms with E-state index in [0.29, 0.717) is 23.5 Å². The van der Waals surface area contributed by atoms with Crippen molar-refractivity contribution in [2.45, 2.75) is 33.4 Å². The van der Waals surface area contributed by atoms with E-state index in [0.717, 1.165) is 24.3 Å². The summed E-state index contributed by atoms with van der Waals surface area (Å²) in [4.78, 5) is -3.96. The second-order valence-electron chi connectivity index (χ2n) is 10.8. The molecule has 0 heterocycles. The van der Waals surface area contributed by atoms with Gasteiger partial charge in [-0.2, -0.15) is 33.7 Å². The molecule has 0 atom stereocenters. The monoisotopic (exact) mass is 797 g/mol. The van der Waals surface area contributed by atoms with Gasteiger partial charge in [0.2, 0.25) is 0 Å². The van der Waals surface area contributed by atoms with Crippen LogP contribution in [0, 0.1) is 0 Å². The van der Waals surface area contributed by atoms with Crippen molar-refractivity contribution in [1.82, 2.24) is 0 Å². The predicted molar refractivity (Wildman–Crippen MR) is 187 cm³/mol. The summed E-state index contributed by atoms with van der Waals surface area (Å²) in [6.07, 6.45) is 0. The number of hydrogen-bond donors (Lipinski definition) is 8. The smallest absolute Gasteiger partial charge is 0.296 e. The number of nitrogens with one attached hydrogen (secondary N) is 2. The Morgan fingerprint density at radius 1 is 0.596 bits per heavy atom. The number of azo groups is 2. The number of nitrogen functional groups attached to an aromatic ring is 1. The molecule has 4 rings (SSSR count). The Morgan fingerprint density at radius 2 is 0.962 bits per heavy atom. The van der Waals surface area contributed by atoms with E-state index in [2.05, 4.69) is 44.2 Å². The molecule has 0 aliphatic heterocycles. The lowest BCUT2D eigenvalue weighted by atomic mass is 10.1. The lowest BCUT2D eigenvalue weighted by Crippen LogP contribution is -2.04. The molecule has 0 bridgehead atoms. The van der Waals surface area contributed by atoms with Crippen molar-refractivity contribution in [1.29, 1.82) is 0 Å². The number of anilines is 3. The van der Waals surface area contributed by atoms with Crippen LogP contribution in [-0.4, -0.2) is 57.0 Å². The van der Waals surface area contributed by atoms with Crippen LogP contribution in [0.4, 0.5) is 39.8 Å². The van der Waals surface area contributed by atoms with Crippen LogP contribution in [0.1, 0.15) is 13.8 Å². The number of aromatic hydroxyl groups is 1. The van der Waals surface area contributed by atoms with Gasteiger partial charge < -0.3 is 21.5 Å². The molecule has 276 valence electrons. The second-order valence-corrected chi connectivity index (χ2v) is 16.3. The summed E-state index contributed by atoms with van der Waals surface area (Å²) in [5.74, 6) is -1.21. The van der Waals surface area contributed by atoms with Gasteiger partial charge in [0.1, 0.15) is 42.3 Å². The van der Waals surface area contributed by atoms with Gasteiger partial charge in [-0.05, 0) is 67.8 Å². The minimum atomic E-state index is -5.36. The van der Waals surface area contributed by atoms with Gasteiger partial charge in [0.25, 0.3) is 40.5 Å². The number of benzene rings is 4. The predicted octanol–water partition coefficient (Wildman–Crippen LogP) is 5.84. The molecular weight excluding hydrogens is 771 g/mol. The molecule has 0 aliphatic rings. The van der Waals surface area contributed by atoms with Crippen LogP contribution in [-0.2, 0) is 40.5 Å². The van der Waals surface area contributed by atoms with Crippen LogP contribution in [0.5, 0.6) is 5.75 Å². The van der Waals surface area contributed by atoms with Crippen LogP contribution in [0.2, 0.25) is 0 Å². The summed E-state index contributed by atoms with van der Waals surface area (Å²) in [7, 11) is -20.6. The number of rotatable bonds is 12. The maximum absolute atomic E-state index is 12.5. The van der Waals surface area contributed by atoms with Gasteiger partial charge >= 0.3 is 0 Å². The van der Waals surface area contributed by atoms with Gasteiger partial charge in [-0.1, -0.05) is 13.2 Å². The van der Waals surface area contributed by atoms with E-state index in [9.17, 15) is 57.0 Å². The third kappa shape index (κ3) is 8.75. The van der Waals surface area contributed by atoms with Gasteiger partial charge in [0, 0.05) is 22.8 Å². The Kier molecular flexibility index (Phi) is 10.6. The van der Waals surface area contributed by atoms with Crippen molar-refractivity contribution in [2.24, 2.45) is 20.5 Å². The van der Waals surface area contributed by atoms with E-state index in [1.54, 1.807) is 13.8 Å². The zero-order chi connectivity index (χ0) is 39.1.